The molecule has 2 aromatic rings. The zero-order valence-corrected chi connectivity index (χ0v) is 13.9. The van der Waals surface area contributed by atoms with Crippen LogP contribution in [-0.2, 0) is 16.0 Å². The van der Waals surface area contributed by atoms with Crippen LogP contribution in [0.2, 0.25) is 0 Å². The van der Waals surface area contributed by atoms with Crippen molar-refractivity contribution >= 4 is 11.8 Å². The van der Waals surface area contributed by atoms with Crippen molar-refractivity contribution in [3.63, 3.8) is 0 Å². The summed E-state index contributed by atoms with van der Waals surface area (Å²) in [6, 6.07) is 16.8. The average molecular weight is 326 g/mol. The molecule has 126 valence electrons. The van der Waals surface area contributed by atoms with E-state index in [-0.39, 0.29) is 18.2 Å². The van der Waals surface area contributed by atoms with Crippen molar-refractivity contribution in [2.45, 2.75) is 32.8 Å². The van der Waals surface area contributed by atoms with Crippen molar-refractivity contribution in [1.82, 2.24) is 10.9 Å². The van der Waals surface area contributed by atoms with E-state index in [9.17, 15) is 9.59 Å². The third kappa shape index (κ3) is 5.43. The summed E-state index contributed by atoms with van der Waals surface area (Å²) in [5, 5.41) is 0. The molecule has 0 aliphatic carbocycles. The standard InChI is InChI=1S/C19H22N2O3/c1-3-17(24-16-11-7-8-14(2)12-16)19(23)21-20-18(22)13-15-9-5-4-6-10-15/h4-12,17H,3,13H2,1-2H3,(H,20,22)(H,21,23). The number of amides is 2. The molecule has 2 rings (SSSR count). The zero-order valence-electron chi connectivity index (χ0n) is 13.9. The number of hydrogen-bond acceptors (Lipinski definition) is 3. The Bertz CT molecular complexity index is 686. The molecule has 0 aliphatic heterocycles. The molecule has 0 fully saturated rings. The minimum atomic E-state index is -0.663. The summed E-state index contributed by atoms with van der Waals surface area (Å²) in [6.07, 6.45) is 0.0363. The molecule has 2 N–H and O–H groups in total. The lowest BCUT2D eigenvalue weighted by atomic mass is 10.1. The van der Waals surface area contributed by atoms with E-state index in [4.69, 9.17) is 4.74 Å². The van der Waals surface area contributed by atoms with Gasteiger partial charge >= 0.3 is 0 Å². The summed E-state index contributed by atoms with van der Waals surface area (Å²) >= 11 is 0. The van der Waals surface area contributed by atoms with Gasteiger partial charge in [-0.05, 0) is 36.6 Å². The molecular weight excluding hydrogens is 304 g/mol. The minimum absolute atomic E-state index is 0.205. The Balaban J connectivity index is 1.84. The van der Waals surface area contributed by atoms with Crippen LogP contribution in [0.1, 0.15) is 24.5 Å². The summed E-state index contributed by atoms with van der Waals surface area (Å²) in [5.74, 6) is -0.0204. The molecule has 0 aromatic heterocycles. The maximum Gasteiger partial charge on any atom is 0.279 e. The Labute approximate surface area is 142 Å². The lowest BCUT2D eigenvalue weighted by molar-refractivity contribution is -0.133. The van der Waals surface area contributed by atoms with Gasteiger partial charge in [-0.25, -0.2) is 0 Å². The van der Waals surface area contributed by atoms with Crippen molar-refractivity contribution in [2.75, 3.05) is 0 Å². The molecular formula is C19H22N2O3. The van der Waals surface area contributed by atoms with Crippen molar-refractivity contribution in [2.24, 2.45) is 0 Å². The predicted molar refractivity (Wildman–Crippen MR) is 92.3 cm³/mol. The summed E-state index contributed by atoms with van der Waals surface area (Å²) < 4.78 is 5.69. The van der Waals surface area contributed by atoms with E-state index in [1.807, 2.05) is 62.4 Å². The highest BCUT2D eigenvalue weighted by Crippen LogP contribution is 2.15. The Hall–Kier alpha value is -2.82. The second-order valence-electron chi connectivity index (χ2n) is 5.53. The number of aryl methyl sites for hydroxylation is 1. The van der Waals surface area contributed by atoms with Crippen LogP contribution in [0.15, 0.2) is 54.6 Å². The number of rotatable bonds is 6. The molecule has 0 spiro atoms. The van der Waals surface area contributed by atoms with Crippen LogP contribution < -0.4 is 15.6 Å². The van der Waals surface area contributed by atoms with Crippen LogP contribution in [0.4, 0.5) is 0 Å². The van der Waals surface area contributed by atoms with Gasteiger partial charge in [0.1, 0.15) is 5.75 Å². The lowest BCUT2D eigenvalue weighted by Crippen LogP contribution is -2.48. The van der Waals surface area contributed by atoms with Gasteiger partial charge in [0.25, 0.3) is 5.91 Å². The molecule has 24 heavy (non-hydrogen) atoms. The average Bonchev–Trinajstić information content (AvgIpc) is 2.58. The van der Waals surface area contributed by atoms with Crippen LogP contribution in [0.3, 0.4) is 0 Å². The summed E-state index contributed by atoms with van der Waals surface area (Å²) in [4.78, 5) is 24.0. The van der Waals surface area contributed by atoms with E-state index >= 15 is 0 Å². The van der Waals surface area contributed by atoms with Crippen LogP contribution in [0, 0.1) is 6.92 Å². The van der Waals surface area contributed by atoms with Crippen molar-refractivity contribution < 1.29 is 14.3 Å². The predicted octanol–water partition coefficient (Wildman–Crippen LogP) is 2.54. The summed E-state index contributed by atoms with van der Waals surface area (Å²) in [5.41, 5.74) is 6.79. The molecule has 5 nitrogen and oxygen atoms in total. The first-order valence-corrected chi connectivity index (χ1v) is 7.94. The van der Waals surface area contributed by atoms with Gasteiger partial charge in [0.2, 0.25) is 5.91 Å². The maximum atomic E-state index is 12.2. The molecule has 0 saturated carbocycles. The molecule has 1 atom stereocenters. The van der Waals surface area contributed by atoms with Crippen LogP contribution in [0.25, 0.3) is 0 Å². The molecule has 0 heterocycles. The molecule has 0 saturated heterocycles. The van der Waals surface area contributed by atoms with Gasteiger partial charge in [-0.1, -0.05) is 49.4 Å². The molecule has 1 unspecified atom stereocenters. The van der Waals surface area contributed by atoms with E-state index in [1.165, 1.54) is 0 Å². The molecule has 2 amide bonds. The number of hydrogen-bond donors (Lipinski definition) is 2. The first-order valence-electron chi connectivity index (χ1n) is 7.94. The molecule has 2 aromatic carbocycles. The van der Waals surface area contributed by atoms with E-state index in [2.05, 4.69) is 10.9 Å². The molecule has 0 aliphatic rings. The quantitative estimate of drug-likeness (QED) is 0.802. The number of benzene rings is 2. The second kappa shape index (κ2) is 8.72. The van der Waals surface area contributed by atoms with Crippen LogP contribution >= 0.6 is 0 Å². The Morgan fingerprint density at radius 3 is 2.46 bits per heavy atom. The molecule has 5 heteroatoms. The summed E-state index contributed by atoms with van der Waals surface area (Å²) in [6.45, 7) is 3.81. The topological polar surface area (TPSA) is 67.4 Å². The highest BCUT2D eigenvalue weighted by atomic mass is 16.5. The van der Waals surface area contributed by atoms with Crippen LogP contribution in [-0.4, -0.2) is 17.9 Å². The van der Waals surface area contributed by atoms with Crippen molar-refractivity contribution in [3.8, 4) is 5.75 Å². The minimum Gasteiger partial charge on any atom is -0.481 e. The van der Waals surface area contributed by atoms with Crippen molar-refractivity contribution in [1.29, 1.82) is 0 Å². The number of nitrogens with one attached hydrogen (secondary N) is 2. The Morgan fingerprint density at radius 1 is 1.04 bits per heavy atom. The van der Waals surface area contributed by atoms with Crippen LogP contribution in [0.5, 0.6) is 5.75 Å². The van der Waals surface area contributed by atoms with Gasteiger partial charge in [-0.15, -0.1) is 0 Å². The monoisotopic (exact) mass is 326 g/mol. The Kier molecular flexibility index (Phi) is 6.37. The fourth-order valence-electron chi connectivity index (χ4n) is 2.21. The normalized spacial score (nSPS) is 11.4. The fraction of sp³-hybridized carbons (Fsp3) is 0.263. The Morgan fingerprint density at radius 2 is 1.79 bits per heavy atom. The van der Waals surface area contributed by atoms with Gasteiger partial charge in [0.05, 0.1) is 6.42 Å². The largest absolute Gasteiger partial charge is 0.481 e. The third-order valence-electron chi connectivity index (χ3n) is 3.46. The second-order valence-corrected chi connectivity index (χ2v) is 5.53. The van der Waals surface area contributed by atoms with Gasteiger partial charge < -0.3 is 4.74 Å². The highest BCUT2D eigenvalue weighted by Gasteiger charge is 2.19. The molecule has 0 radical (unpaired) electrons. The third-order valence-corrected chi connectivity index (χ3v) is 3.46. The number of carbonyl (C=O) groups excluding carboxylic acids is 2. The van der Waals surface area contributed by atoms with E-state index in [0.29, 0.717) is 12.2 Å². The fourth-order valence-corrected chi connectivity index (χ4v) is 2.21. The number of carbonyl (C=O) groups is 2. The first-order chi connectivity index (χ1) is 11.6. The first kappa shape index (κ1) is 17.5. The van der Waals surface area contributed by atoms with Gasteiger partial charge in [0.15, 0.2) is 6.10 Å². The number of ether oxygens (including phenoxy) is 1. The highest BCUT2D eigenvalue weighted by molar-refractivity contribution is 5.85. The number of hydrazine groups is 1. The smallest absolute Gasteiger partial charge is 0.279 e. The zero-order chi connectivity index (χ0) is 17.4. The van der Waals surface area contributed by atoms with Gasteiger partial charge in [-0.2, -0.15) is 0 Å². The van der Waals surface area contributed by atoms with E-state index in [1.54, 1.807) is 6.07 Å². The van der Waals surface area contributed by atoms with Gasteiger partial charge in [0, 0.05) is 0 Å². The molecule has 0 bridgehead atoms. The SMILES string of the molecule is CCC(Oc1cccc(C)c1)C(=O)NNC(=O)Cc1ccccc1. The van der Waals surface area contributed by atoms with E-state index < -0.39 is 6.10 Å². The summed E-state index contributed by atoms with van der Waals surface area (Å²) in [7, 11) is 0. The lowest BCUT2D eigenvalue weighted by Gasteiger charge is -2.17. The van der Waals surface area contributed by atoms with Crippen molar-refractivity contribution in [3.05, 3.63) is 65.7 Å². The van der Waals surface area contributed by atoms with E-state index in [0.717, 1.165) is 11.1 Å². The maximum absolute atomic E-state index is 12.2. The van der Waals surface area contributed by atoms with Gasteiger partial charge in [-0.3, -0.25) is 20.4 Å².